The molecule has 0 aliphatic rings. The van der Waals surface area contributed by atoms with E-state index in [2.05, 4.69) is 31.3 Å². The Hall–Kier alpha value is -1.66. The highest BCUT2D eigenvalue weighted by atomic mass is 16.5. The minimum absolute atomic E-state index is 0.00559. The first-order valence-corrected chi connectivity index (χ1v) is 34.6. The maximum absolute atomic E-state index is 12.5. The molecular formula is C70H135NO5. The number of unbranched alkanes of at least 4 members (excludes halogenated alkanes) is 52. The van der Waals surface area contributed by atoms with Gasteiger partial charge < -0.3 is 20.3 Å². The number of rotatable bonds is 65. The lowest BCUT2D eigenvalue weighted by molar-refractivity contribution is -0.143. The van der Waals surface area contributed by atoms with Crippen molar-refractivity contribution in [3.8, 4) is 0 Å². The highest BCUT2D eigenvalue weighted by molar-refractivity contribution is 5.76. The number of aliphatic hydroxyl groups is 2. The lowest BCUT2D eigenvalue weighted by atomic mass is 10.0. The second-order valence-corrected chi connectivity index (χ2v) is 23.9. The van der Waals surface area contributed by atoms with Gasteiger partial charge in [0, 0.05) is 12.8 Å². The van der Waals surface area contributed by atoms with E-state index in [9.17, 15) is 19.8 Å². The Morgan fingerprint density at radius 3 is 0.934 bits per heavy atom. The van der Waals surface area contributed by atoms with Crippen molar-refractivity contribution in [1.82, 2.24) is 5.32 Å². The zero-order valence-electron chi connectivity index (χ0n) is 51.5. The molecule has 0 fully saturated rings. The van der Waals surface area contributed by atoms with E-state index in [1.807, 2.05) is 6.08 Å². The molecule has 0 radical (unpaired) electrons. The van der Waals surface area contributed by atoms with Crippen molar-refractivity contribution in [2.75, 3.05) is 13.2 Å². The maximum atomic E-state index is 12.5. The predicted molar refractivity (Wildman–Crippen MR) is 333 cm³/mol. The van der Waals surface area contributed by atoms with Gasteiger partial charge in [-0.15, -0.1) is 0 Å². The Morgan fingerprint density at radius 2 is 0.618 bits per heavy atom. The van der Waals surface area contributed by atoms with Crippen LogP contribution in [0.1, 0.15) is 386 Å². The number of allylic oxidation sites excluding steroid dienone is 3. The molecule has 2 unspecified atom stereocenters. The number of amides is 1. The molecule has 0 rings (SSSR count). The molecule has 0 bridgehead atoms. The molecule has 0 aromatic rings. The third-order valence-corrected chi connectivity index (χ3v) is 16.2. The molecule has 0 saturated carbocycles. The van der Waals surface area contributed by atoms with Crippen LogP contribution in [-0.2, 0) is 14.3 Å². The molecule has 2 atom stereocenters. The molecule has 76 heavy (non-hydrogen) atoms. The second kappa shape index (κ2) is 65.9. The van der Waals surface area contributed by atoms with Crippen LogP contribution in [0.4, 0.5) is 0 Å². The Bertz CT molecular complexity index is 1190. The van der Waals surface area contributed by atoms with Crippen molar-refractivity contribution in [3.05, 3.63) is 24.3 Å². The second-order valence-electron chi connectivity index (χ2n) is 23.9. The molecule has 6 nitrogen and oxygen atoms in total. The van der Waals surface area contributed by atoms with E-state index in [1.54, 1.807) is 6.08 Å². The number of carbonyl (C=O) groups is 2. The monoisotopic (exact) mass is 1070 g/mol. The van der Waals surface area contributed by atoms with E-state index in [-0.39, 0.29) is 18.5 Å². The van der Waals surface area contributed by atoms with Crippen molar-refractivity contribution in [3.63, 3.8) is 0 Å². The summed E-state index contributed by atoms with van der Waals surface area (Å²) in [5.74, 6) is -0.0586. The van der Waals surface area contributed by atoms with Crippen LogP contribution < -0.4 is 5.32 Å². The van der Waals surface area contributed by atoms with Crippen molar-refractivity contribution >= 4 is 11.9 Å². The molecule has 0 saturated heterocycles. The van der Waals surface area contributed by atoms with Crippen LogP contribution >= 0.6 is 0 Å². The lowest BCUT2D eigenvalue weighted by Gasteiger charge is -2.20. The largest absolute Gasteiger partial charge is 0.466 e. The zero-order chi connectivity index (χ0) is 55.0. The van der Waals surface area contributed by atoms with Crippen LogP contribution in [0, 0.1) is 0 Å². The van der Waals surface area contributed by atoms with E-state index in [0.717, 1.165) is 44.9 Å². The van der Waals surface area contributed by atoms with Crippen molar-refractivity contribution in [2.45, 2.75) is 398 Å². The van der Waals surface area contributed by atoms with Gasteiger partial charge in [-0.2, -0.15) is 0 Å². The number of hydrogen-bond donors (Lipinski definition) is 3. The zero-order valence-corrected chi connectivity index (χ0v) is 51.5. The molecule has 3 N–H and O–H groups in total. The molecule has 0 aliphatic carbocycles. The Labute approximate surface area is 475 Å². The van der Waals surface area contributed by atoms with Gasteiger partial charge in [0.25, 0.3) is 0 Å². The van der Waals surface area contributed by atoms with Crippen LogP contribution in [0.15, 0.2) is 24.3 Å². The van der Waals surface area contributed by atoms with Crippen LogP contribution in [0.2, 0.25) is 0 Å². The molecular weight excluding hydrogens is 935 g/mol. The molecule has 6 heteroatoms. The Balaban J connectivity index is 3.41. The van der Waals surface area contributed by atoms with E-state index in [4.69, 9.17) is 4.74 Å². The predicted octanol–water partition coefficient (Wildman–Crippen LogP) is 22.1. The van der Waals surface area contributed by atoms with E-state index in [0.29, 0.717) is 19.4 Å². The number of aliphatic hydroxyl groups excluding tert-OH is 2. The number of hydrogen-bond acceptors (Lipinski definition) is 5. The summed E-state index contributed by atoms with van der Waals surface area (Å²) in [4.78, 5) is 24.6. The molecule has 0 aliphatic heterocycles. The van der Waals surface area contributed by atoms with Gasteiger partial charge in [0.05, 0.1) is 25.4 Å². The van der Waals surface area contributed by atoms with Crippen LogP contribution in [-0.4, -0.2) is 47.4 Å². The van der Waals surface area contributed by atoms with Gasteiger partial charge in [-0.3, -0.25) is 9.59 Å². The summed E-state index contributed by atoms with van der Waals surface area (Å²) in [5, 5.41) is 23.3. The standard InChI is InChI=1S/C70H135NO5/c1-3-5-7-9-11-13-15-17-19-20-21-22-25-28-31-35-38-42-46-50-54-58-62-68(73)67(66-72)71-69(74)63-59-55-51-47-43-39-36-32-29-26-23-24-27-30-33-37-41-45-49-53-57-61-65-76-70(75)64-60-56-52-48-44-40-34-18-16-14-12-10-8-6-4-2/h18,34,58,62,67-68,72-73H,3-17,19-33,35-57,59-61,63-66H2,1-2H3,(H,71,74)/b34-18-,62-58+. The van der Waals surface area contributed by atoms with Gasteiger partial charge in [0.2, 0.25) is 5.91 Å². The van der Waals surface area contributed by atoms with Crippen molar-refractivity contribution in [2.24, 2.45) is 0 Å². The molecule has 0 spiro atoms. The highest BCUT2D eigenvalue weighted by Crippen LogP contribution is 2.19. The number of ether oxygens (including phenoxy) is 1. The fraction of sp³-hybridized carbons (Fsp3) is 0.914. The van der Waals surface area contributed by atoms with Gasteiger partial charge >= 0.3 is 5.97 Å². The number of esters is 1. The first-order valence-electron chi connectivity index (χ1n) is 34.6. The molecule has 0 aromatic heterocycles. The molecule has 0 aromatic carbocycles. The van der Waals surface area contributed by atoms with E-state index >= 15 is 0 Å². The topological polar surface area (TPSA) is 95.9 Å². The van der Waals surface area contributed by atoms with Crippen molar-refractivity contribution in [1.29, 1.82) is 0 Å². The summed E-state index contributed by atoms with van der Waals surface area (Å²) in [7, 11) is 0. The first-order chi connectivity index (χ1) is 37.5. The summed E-state index contributed by atoms with van der Waals surface area (Å²) < 4.78 is 5.49. The third kappa shape index (κ3) is 61.6. The third-order valence-electron chi connectivity index (χ3n) is 16.2. The summed E-state index contributed by atoms with van der Waals surface area (Å²) in [6, 6.07) is -0.629. The average Bonchev–Trinajstić information content (AvgIpc) is 3.42. The normalized spacial score (nSPS) is 12.6. The minimum atomic E-state index is -0.846. The quantitative estimate of drug-likeness (QED) is 0.0320. The summed E-state index contributed by atoms with van der Waals surface area (Å²) in [5.41, 5.74) is 0. The smallest absolute Gasteiger partial charge is 0.305 e. The Morgan fingerprint density at radius 1 is 0.355 bits per heavy atom. The average molecular weight is 1070 g/mol. The van der Waals surface area contributed by atoms with E-state index < -0.39 is 12.1 Å². The SMILES string of the molecule is CCCCCCCC/C=C\CCCCCCCC(=O)OCCCCCCCCCCCCCCCCCCCCCCCCC(=O)NC(CO)C(O)/C=C/CCCCCCCCCCCCCCCCCCCCCC. The van der Waals surface area contributed by atoms with Crippen LogP contribution in [0.5, 0.6) is 0 Å². The fourth-order valence-electron chi connectivity index (χ4n) is 10.9. The number of carbonyl (C=O) groups excluding carboxylic acids is 2. The van der Waals surface area contributed by atoms with Gasteiger partial charge in [-0.25, -0.2) is 0 Å². The van der Waals surface area contributed by atoms with Crippen LogP contribution in [0.25, 0.3) is 0 Å². The minimum Gasteiger partial charge on any atom is -0.466 e. The van der Waals surface area contributed by atoms with Gasteiger partial charge in [0.15, 0.2) is 0 Å². The fourth-order valence-corrected chi connectivity index (χ4v) is 10.9. The summed E-state index contributed by atoms with van der Waals surface area (Å²) in [6.07, 6.45) is 82.4. The van der Waals surface area contributed by atoms with E-state index in [1.165, 1.54) is 315 Å². The van der Waals surface area contributed by atoms with Crippen LogP contribution in [0.3, 0.4) is 0 Å². The molecule has 0 heterocycles. The van der Waals surface area contributed by atoms with Gasteiger partial charge in [-0.1, -0.05) is 340 Å². The van der Waals surface area contributed by atoms with Gasteiger partial charge in [0.1, 0.15) is 0 Å². The first kappa shape index (κ1) is 74.3. The maximum Gasteiger partial charge on any atom is 0.305 e. The highest BCUT2D eigenvalue weighted by Gasteiger charge is 2.18. The summed E-state index contributed by atoms with van der Waals surface area (Å²) >= 11 is 0. The van der Waals surface area contributed by atoms with Crippen molar-refractivity contribution < 1.29 is 24.5 Å². The van der Waals surface area contributed by atoms with Gasteiger partial charge in [-0.05, 0) is 57.8 Å². The Kier molecular flexibility index (Phi) is 64.4. The lowest BCUT2D eigenvalue weighted by Crippen LogP contribution is -2.45. The molecule has 1 amide bonds. The number of nitrogens with one attached hydrogen (secondary N) is 1. The molecule has 450 valence electrons. The summed E-state index contributed by atoms with van der Waals surface area (Å²) in [6.45, 7) is 4.93.